The molecule has 282 valence electrons. The fraction of sp³-hybridized carbons (Fsp3) is 0.805. The number of ketones is 2. The molecule has 0 amide bonds. The Morgan fingerprint density at radius 2 is 1.55 bits per heavy atom. The SMILES string of the molecule is [C-]#[N+]C1=C[C@]2(C)C3=CC(=O)C4C5CC(C)(C)CC[C@]5(C(=O)OC5O[C@H](COC)[C@@H](OC)[C@H](OC)[C@H]5OC)CC[C@@]4(C)[C@]3(C)CC[C@H]2C(C)(C)C1=O. The standard InChI is InChI=1S/C41H59NO9/c1-36(2)15-17-41(35(45)51-34-32(49-12)31(48-11)30(47-10)26(50-34)22-46-9)18-16-40(7)29(23(41)20-36)25(43)19-28-38(5)21-24(42-8)33(44)37(3,4)27(38)13-14-39(28,40)6/h19,21,23,26-27,29-32,34H,13-18,20,22H2,1-7,9-12H3/t23?,26-,27+,29?,30-,31+,32-,34?,38+,39-,40-,41+/m1/s1. The van der Waals surface area contributed by atoms with Gasteiger partial charge in [0.15, 0.2) is 11.6 Å². The predicted molar refractivity (Wildman–Crippen MR) is 189 cm³/mol. The average molecular weight is 710 g/mol. The van der Waals surface area contributed by atoms with E-state index in [1.807, 2.05) is 26.0 Å². The van der Waals surface area contributed by atoms with Crippen LogP contribution < -0.4 is 0 Å². The van der Waals surface area contributed by atoms with Crippen molar-refractivity contribution in [3.63, 3.8) is 0 Å². The second-order valence-electron chi connectivity index (χ2n) is 18.4. The molecule has 1 aliphatic heterocycles. The molecule has 1 saturated heterocycles. The molecule has 6 rings (SSSR count). The van der Waals surface area contributed by atoms with Crippen molar-refractivity contribution in [3.8, 4) is 0 Å². The van der Waals surface area contributed by atoms with E-state index in [4.69, 9.17) is 35.0 Å². The van der Waals surface area contributed by atoms with E-state index in [9.17, 15) is 14.4 Å². The van der Waals surface area contributed by atoms with Crippen LogP contribution in [0, 0.1) is 56.8 Å². The van der Waals surface area contributed by atoms with Crippen molar-refractivity contribution in [1.29, 1.82) is 0 Å². The van der Waals surface area contributed by atoms with Crippen LogP contribution in [-0.4, -0.2) is 83.3 Å². The summed E-state index contributed by atoms with van der Waals surface area (Å²) in [5.74, 6) is -1.08. The van der Waals surface area contributed by atoms with Crippen LogP contribution in [0.4, 0.5) is 0 Å². The van der Waals surface area contributed by atoms with E-state index in [2.05, 4.69) is 39.5 Å². The van der Waals surface area contributed by atoms with Gasteiger partial charge in [-0.15, -0.1) is 0 Å². The first kappa shape index (κ1) is 38.3. The summed E-state index contributed by atoms with van der Waals surface area (Å²) in [7, 11) is 6.28. The molecule has 12 atom stereocenters. The number of rotatable bonds is 7. The first-order chi connectivity index (χ1) is 23.9. The number of ether oxygens (including phenoxy) is 6. The smallest absolute Gasteiger partial charge is 0.314 e. The lowest BCUT2D eigenvalue weighted by molar-refractivity contribution is -0.309. The normalized spacial score (nSPS) is 45.5. The van der Waals surface area contributed by atoms with Crippen LogP contribution >= 0.6 is 0 Å². The van der Waals surface area contributed by atoms with Crippen LogP contribution in [0.5, 0.6) is 0 Å². The summed E-state index contributed by atoms with van der Waals surface area (Å²) < 4.78 is 35.6. The van der Waals surface area contributed by atoms with Gasteiger partial charge in [-0.1, -0.05) is 60.1 Å². The zero-order valence-electron chi connectivity index (χ0n) is 32.6. The number of allylic oxidation sites excluding steroid dienone is 4. The maximum absolute atomic E-state index is 14.9. The van der Waals surface area contributed by atoms with Crippen LogP contribution in [0.2, 0.25) is 0 Å². The summed E-state index contributed by atoms with van der Waals surface area (Å²) in [4.78, 5) is 47.0. The van der Waals surface area contributed by atoms with Crippen molar-refractivity contribution >= 4 is 17.5 Å². The Morgan fingerprint density at radius 3 is 2.16 bits per heavy atom. The minimum Gasteiger partial charge on any atom is -0.432 e. The van der Waals surface area contributed by atoms with Crippen LogP contribution in [-0.2, 0) is 42.8 Å². The molecule has 0 aromatic rings. The van der Waals surface area contributed by atoms with Crippen LogP contribution in [0.15, 0.2) is 23.4 Å². The fourth-order valence-corrected chi connectivity index (χ4v) is 12.3. The average Bonchev–Trinajstić information content (AvgIpc) is 3.07. The van der Waals surface area contributed by atoms with E-state index < -0.39 is 58.3 Å². The number of carbonyl (C=O) groups is 3. The van der Waals surface area contributed by atoms with E-state index in [-0.39, 0.29) is 52.5 Å². The van der Waals surface area contributed by atoms with E-state index in [1.54, 1.807) is 28.4 Å². The van der Waals surface area contributed by atoms with Crippen molar-refractivity contribution in [1.82, 2.24) is 0 Å². The highest BCUT2D eigenvalue weighted by Gasteiger charge is 2.71. The third kappa shape index (κ3) is 5.38. The van der Waals surface area contributed by atoms with Gasteiger partial charge < -0.3 is 33.2 Å². The lowest BCUT2D eigenvalue weighted by Gasteiger charge is -2.69. The first-order valence-corrected chi connectivity index (χ1v) is 18.7. The summed E-state index contributed by atoms with van der Waals surface area (Å²) in [5.41, 5.74) is -1.91. The Kier molecular flexibility index (Phi) is 9.66. The van der Waals surface area contributed by atoms with E-state index >= 15 is 0 Å². The molecule has 0 radical (unpaired) electrons. The molecule has 10 heteroatoms. The van der Waals surface area contributed by atoms with Crippen molar-refractivity contribution in [2.24, 2.45) is 50.2 Å². The Labute approximate surface area is 304 Å². The Bertz CT molecular complexity index is 1560. The van der Waals surface area contributed by atoms with Crippen molar-refractivity contribution in [2.75, 3.05) is 35.0 Å². The van der Waals surface area contributed by atoms with Crippen LogP contribution in [0.1, 0.15) is 93.4 Å². The van der Waals surface area contributed by atoms with Gasteiger partial charge in [-0.3, -0.25) is 9.59 Å². The molecule has 3 unspecified atom stereocenters. The maximum Gasteiger partial charge on any atom is 0.314 e. The summed E-state index contributed by atoms with van der Waals surface area (Å²) in [6, 6.07) is 0. The van der Waals surface area contributed by atoms with E-state index in [0.717, 1.165) is 24.8 Å². The van der Waals surface area contributed by atoms with Crippen molar-refractivity contribution < 1.29 is 42.8 Å². The second kappa shape index (κ2) is 12.9. The molecule has 10 nitrogen and oxygen atoms in total. The zero-order valence-corrected chi connectivity index (χ0v) is 32.6. The number of hydrogen-bond acceptors (Lipinski definition) is 9. The van der Waals surface area contributed by atoms with Crippen LogP contribution in [0.25, 0.3) is 4.85 Å². The summed E-state index contributed by atoms with van der Waals surface area (Å²) >= 11 is 0. The van der Waals surface area contributed by atoms with Crippen molar-refractivity contribution in [3.05, 3.63) is 34.8 Å². The zero-order chi connectivity index (χ0) is 37.5. The highest BCUT2D eigenvalue weighted by atomic mass is 16.7. The molecule has 5 aliphatic carbocycles. The quantitative estimate of drug-likeness (QED) is 0.216. The fourth-order valence-electron chi connectivity index (χ4n) is 12.3. The minimum atomic E-state index is -1.06. The van der Waals surface area contributed by atoms with Crippen molar-refractivity contribution in [2.45, 2.75) is 124 Å². The van der Waals surface area contributed by atoms with Gasteiger partial charge in [0.25, 0.3) is 0 Å². The molecule has 6 aliphatic rings. The van der Waals surface area contributed by atoms with Gasteiger partial charge in [0.1, 0.15) is 24.4 Å². The number of fused-ring (bicyclic) bond motifs is 7. The predicted octanol–water partition coefficient (Wildman–Crippen LogP) is 6.52. The van der Waals surface area contributed by atoms with E-state index in [0.29, 0.717) is 25.7 Å². The number of hydrogen-bond donors (Lipinski definition) is 0. The molecular weight excluding hydrogens is 650 g/mol. The molecule has 0 bridgehead atoms. The number of Topliss-reactive ketones (excluding diaryl/α,β-unsaturated/α-hetero) is 1. The second-order valence-corrected chi connectivity index (χ2v) is 18.4. The van der Waals surface area contributed by atoms with Crippen LogP contribution in [0.3, 0.4) is 0 Å². The number of nitrogens with zero attached hydrogens (tertiary/aromatic N) is 1. The van der Waals surface area contributed by atoms with Gasteiger partial charge in [0, 0.05) is 45.2 Å². The lowest BCUT2D eigenvalue weighted by Crippen LogP contribution is -2.66. The third-order valence-electron chi connectivity index (χ3n) is 15.2. The van der Waals surface area contributed by atoms with Gasteiger partial charge in [-0.2, -0.15) is 0 Å². The van der Waals surface area contributed by atoms with E-state index in [1.165, 1.54) is 0 Å². The topological polar surface area (TPSA) is 111 Å². The monoisotopic (exact) mass is 709 g/mol. The Balaban J connectivity index is 1.41. The summed E-state index contributed by atoms with van der Waals surface area (Å²) in [6.07, 6.45) is 5.39. The number of methoxy groups -OCH3 is 4. The largest absolute Gasteiger partial charge is 0.432 e. The van der Waals surface area contributed by atoms with Gasteiger partial charge in [-0.25, -0.2) is 4.85 Å². The molecule has 0 spiro atoms. The van der Waals surface area contributed by atoms with Gasteiger partial charge >= 0.3 is 5.97 Å². The van der Waals surface area contributed by atoms with Gasteiger partial charge in [0.05, 0.1) is 18.6 Å². The lowest BCUT2D eigenvalue weighted by atomic mass is 9.34. The number of esters is 1. The summed E-state index contributed by atoms with van der Waals surface area (Å²) in [6.45, 7) is 23.2. The first-order valence-electron chi connectivity index (χ1n) is 18.7. The highest BCUT2D eigenvalue weighted by molar-refractivity contribution is 6.03. The molecular formula is C41H59NO9. The maximum atomic E-state index is 14.9. The molecule has 0 aromatic carbocycles. The van der Waals surface area contributed by atoms with Gasteiger partial charge in [-0.05, 0) is 79.1 Å². The minimum absolute atomic E-state index is 0.0265. The molecule has 51 heavy (non-hydrogen) atoms. The summed E-state index contributed by atoms with van der Waals surface area (Å²) in [5, 5.41) is 0. The number of carbonyl (C=O) groups excluding carboxylic acids is 3. The molecule has 0 aromatic heterocycles. The van der Waals surface area contributed by atoms with Gasteiger partial charge in [0.2, 0.25) is 12.0 Å². The molecule has 3 saturated carbocycles. The molecule has 1 heterocycles. The Hall–Kier alpha value is -2.42. The highest BCUT2D eigenvalue weighted by Crippen LogP contribution is 2.74. The third-order valence-corrected chi connectivity index (χ3v) is 15.2. The Morgan fingerprint density at radius 1 is 0.902 bits per heavy atom. The molecule has 0 N–H and O–H groups in total. The molecule has 4 fully saturated rings.